The molecule has 3 aromatic heterocycles. The molecule has 3 heterocycles. The molecule has 0 fully saturated rings. The smallest absolute Gasteiger partial charge is 0.158 e. The van der Waals surface area contributed by atoms with Gasteiger partial charge in [0.2, 0.25) is 0 Å². The zero-order chi connectivity index (χ0) is 19.7. The summed E-state index contributed by atoms with van der Waals surface area (Å²) in [6.07, 6.45) is 8.23. The molecule has 0 saturated carbocycles. The van der Waals surface area contributed by atoms with Crippen LogP contribution in [-0.2, 0) is 14.1 Å². The van der Waals surface area contributed by atoms with Crippen LogP contribution in [0.15, 0.2) is 55.4 Å². The van der Waals surface area contributed by atoms with Gasteiger partial charge in [0.15, 0.2) is 5.82 Å². The standard InChI is InChI=1S/C21H25N7/c1-15(2)12-17(20-23-13-25-27(20)4)28-14-24-18(16-8-6-5-7-9-16)19(28)21-22-10-11-26(21)3/h5-11,13-15,17H,12H2,1-4H3/t17-/m1/s1. The van der Waals surface area contributed by atoms with E-state index in [4.69, 9.17) is 4.98 Å². The number of rotatable bonds is 6. The molecular weight excluding hydrogens is 350 g/mol. The molecule has 7 nitrogen and oxygen atoms in total. The molecule has 0 N–H and O–H groups in total. The maximum atomic E-state index is 4.80. The Hall–Kier alpha value is -3.22. The average molecular weight is 375 g/mol. The van der Waals surface area contributed by atoms with E-state index in [9.17, 15) is 0 Å². The predicted octanol–water partition coefficient (Wildman–Crippen LogP) is 3.71. The van der Waals surface area contributed by atoms with E-state index >= 15 is 0 Å². The van der Waals surface area contributed by atoms with E-state index in [0.29, 0.717) is 5.92 Å². The summed E-state index contributed by atoms with van der Waals surface area (Å²) in [5.41, 5.74) is 2.98. The van der Waals surface area contributed by atoms with E-state index in [1.165, 1.54) is 0 Å². The normalized spacial score (nSPS) is 12.6. The highest BCUT2D eigenvalue weighted by Crippen LogP contribution is 2.35. The third-order valence-electron chi connectivity index (χ3n) is 4.95. The molecule has 0 aliphatic carbocycles. The molecule has 0 saturated heterocycles. The third-order valence-corrected chi connectivity index (χ3v) is 4.95. The van der Waals surface area contributed by atoms with Crippen LogP contribution in [0.4, 0.5) is 0 Å². The van der Waals surface area contributed by atoms with E-state index in [1.54, 1.807) is 6.33 Å². The van der Waals surface area contributed by atoms with E-state index in [2.05, 4.69) is 45.6 Å². The minimum absolute atomic E-state index is 0.0177. The van der Waals surface area contributed by atoms with Crippen LogP contribution in [0, 0.1) is 5.92 Å². The fourth-order valence-corrected chi connectivity index (χ4v) is 3.62. The molecule has 4 rings (SSSR count). The summed E-state index contributed by atoms with van der Waals surface area (Å²) in [6, 6.07) is 10.3. The largest absolute Gasteiger partial charge is 0.333 e. The quantitative estimate of drug-likeness (QED) is 0.515. The molecule has 1 aromatic carbocycles. The summed E-state index contributed by atoms with van der Waals surface area (Å²) in [4.78, 5) is 14.0. The summed E-state index contributed by atoms with van der Waals surface area (Å²) in [6.45, 7) is 4.44. The van der Waals surface area contributed by atoms with Gasteiger partial charge in [-0.2, -0.15) is 5.10 Å². The number of benzene rings is 1. The van der Waals surface area contributed by atoms with Crippen LogP contribution in [-0.4, -0.2) is 33.9 Å². The van der Waals surface area contributed by atoms with Crippen molar-refractivity contribution in [1.82, 2.24) is 33.9 Å². The van der Waals surface area contributed by atoms with Crippen LogP contribution in [0.2, 0.25) is 0 Å². The Bertz CT molecular complexity index is 1060. The van der Waals surface area contributed by atoms with Crippen LogP contribution >= 0.6 is 0 Å². The topological polar surface area (TPSA) is 66.3 Å². The maximum absolute atomic E-state index is 4.80. The van der Waals surface area contributed by atoms with Gasteiger partial charge in [-0.1, -0.05) is 44.2 Å². The Labute approximate surface area is 164 Å². The van der Waals surface area contributed by atoms with Gasteiger partial charge in [-0.25, -0.2) is 15.0 Å². The zero-order valence-electron chi connectivity index (χ0n) is 16.7. The Morgan fingerprint density at radius 1 is 1.00 bits per heavy atom. The highest BCUT2D eigenvalue weighted by atomic mass is 15.3. The molecule has 0 amide bonds. The molecule has 144 valence electrons. The summed E-state index contributed by atoms with van der Waals surface area (Å²) >= 11 is 0. The van der Waals surface area contributed by atoms with Crippen LogP contribution in [0.25, 0.3) is 22.8 Å². The van der Waals surface area contributed by atoms with Crippen molar-refractivity contribution in [3.05, 3.63) is 61.2 Å². The number of imidazole rings is 2. The number of hydrogen-bond donors (Lipinski definition) is 0. The highest BCUT2D eigenvalue weighted by molar-refractivity contribution is 5.75. The Balaban J connectivity index is 1.94. The second kappa shape index (κ2) is 7.42. The van der Waals surface area contributed by atoms with Crippen LogP contribution in [0.1, 0.15) is 32.1 Å². The molecule has 1 atom stereocenters. The molecule has 0 aliphatic rings. The van der Waals surface area contributed by atoms with Gasteiger partial charge >= 0.3 is 0 Å². The Morgan fingerprint density at radius 3 is 2.39 bits per heavy atom. The van der Waals surface area contributed by atoms with Gasteiger partial charge in [0, 0.05) is 32.1 Å². The van der Waals surface area contributed by atoms with Crippen LogP contribution in [0.3, 0.4) is 0 Å². The van der Waals surface area contributed by atoms with Crippen molar-refractivity contribution in [2.75, 3.05) is 0 Å². The lowest BCUT2D eigenvalue weighted by atomic mass is 10.0. The second-order valence-corrected chi connectivity index (χ2v) is 7.46. The van der Waals surface area contributed by atoms with Crippen molar-refractivity contribution >= 4 is 0 Å². The first kappa shape index (κ1) is 18.2. The first-order valence-electron chi connectivity index (χ1n) is 9.50. The molecule has 28 heavy (non-hydrogen) atoms. The fraction of sp³-hybridized carbons (Fsp3) is 0.333. The van der Waals surface area contributed by atoms with Gasteiger partial charge in [0.25, 0.3) is 0 Å². The molecule has 0 radical (unpaired) electrons. The van der Waals surface area contributed by atoms with Gasteiger partial charge in [-0.05, 0) is 12.3 Å². The zero-order valence-corrected chi connectivity index (χ0v) is 16.7. The monoisotopic (exact) mass is 375 g/mol. The van der Waals surface area contributed by atoms with Crippen LogP contribution < -0.4 is 0 Å². The first-order chi connectivity index (χ1) is 13.6. The maximum Gasteiger partial charge on any atom is 0.158 e. The molecule has 0 unspecified atom stereocenters. The molecular formula is C21H25N7. The summed E-state index contributed by atoms with van der Waals surface area (Å²) in [5.74, 6) is 2.28. The lowest BCUT2D eigenvalue weighted by molar-refractivity contribution is 0.423. The third kappa shape index (κ3) is 3.24. The number of aromatic nitrogens is 7. The number of nitrogens with zero attached hydrogens (tertiary/aromatic N) is 7. The van der Waals surface area contributed by atoms with Crippen molar-refractivity contribution in [2.45, 2.75) is 26.3 Å². The molecule has 0 aliphatic heterocycles. The molecule has 0 spiro atoms. The fourth-order valence-electron chi connectivity index (χ4n) is 3.62. The Morgan fingerprint density at radius 2 is 1.79 bits per heavy atom. The summed E-state index contributed by atoms with van der Waals surface area (Å²) in [5, 5.41) is 4.30. The second-order valence-electron chi connectivity index (χ2n) is 7.46. The molecule has 7 heteroatoms. The van der Waals surface area contributed by atoms with Gasteiger partial charge in [-0.15, -0.1) is 0 Å². The van der Waals surface area contributed by atoms with Crippen molar-refractivity contribution < 1.29 is 0 Å². The number of aryl methyl sites for hydroxylation is 2. The lowest BCUT2D eigenvalue weighted by Crippen LogP contribution is -2.18. The Kier molecular flexibility index (Phi) is 4.81. The van der Waals surface area contributed by atoms with E-state index < -0.39 is 0 Å². The average Bonchev–Trinajstić information content (AvgIpc) is 3.40. The van der Waals surface area contributed by atoms with Gasteiger partial charge < -0.3 is 9.13 Å². The lowest BCUT2D eigenvalue weighted by Gasteiger charge is -2.22. The highest BCUT2D eigenvalue weighted by Gasteiger charge is 2.27. The summed E-state index contributed by atoms with van der Waals surface area (Å²) < 4.78 is 6.08. The van der Waals surface area contributed by atoms with Crippen molar-refractivity contribution in [3.63, 3.8) is 0 Å². The van der Waals surface area contributed by atoms with Gasteiger partial charge in [0.05, 0.1) is 18.1 Å². The number of hydrogen-bond acceptors (Lipinski definition) is 4. The minimum atomic E-state index is 0.0177. The molecule has 0 bridgehead atoms. The molecule has 4 aromatic rings. The van der Waals surface area contributed by atoms with E-state index in [1.807, 2.05) is 60.3 Å². The van der Waals surface area contributed by atoms with E-state index in [0.717, 1.165) is 35.0 Å². The van der Waals surface area contributed by atoms with Gasteiger partial charge in [-0.3, -0.25) is 4.68 Å². The van der Waals surface area contributed by atoms with Gasteiger partial charge in [0.1, 0.15) is 17.8 Å². The summed E-state index contributed by atoms with van der Waals surface area (Å²) in [7, 11) is 3.94. The minimum Gasteiger partial charge on any atom is -0.333 e. The van der Waals surface area contributed by atoms with Crippen molar-refractivity contribution in [3.8, 4) is 22.8 Å². The predicted molar refractivity (Wildman–Crippen MR) is 108 cm³/mol. The van der Waals surface area contributed by atoms with E-state index in [-0.39, 0.29) is 6.04 Å². The first-order valence-corrected chi connectivity index (χ1v) is 9.50. The van der Waals surface area contributed by atoms with Crippen molar-refractivity contribution in [1.29, 1.82) is 0 Å². The van der Waals surface area contributed by atoms with Crippen molar-refractivity contribution in [2.24, 2.45) is 20.0 Å². The van der Waals surface area contributed by atoms with Crippen LogP contribution in [0.5, 0.6) is 0 Å². The SMILES string of the molecule is CC(C)C[C@H](c1ncnn1C)n1cnc(-c2ccccc2)c1-c1nccn1C.